The van der Waals surface area contributed by atoms with Crippen molar-refractivity contribution in [3.05, 3.63) is 23.5 Å². The molecule has 0 N–H and O–H groups in total. The van der Waals surface area contributed by atoms with Crippen LogP contribution in [-0.2, 0) is 14.8 Å². The van der Waals surface area contributed by atoms with Crippen LogP contribution < -0.4 is 0 Å². The Labute approximate surface area is 112 Å². The standard InChI is InChI=1S/C11H15ClN2O3S/c1-14(9-4-7-17-8-5-9)18(15,16)10-3-2-6-13-11(10)12/h2-3,6,9H,4-5,7-8H2,1H3. The zero-order valence-corrected chi connectivity index (χ0v) is 11.6. The summed E-state index contributed by atoms with van der Waals surface area (Å²) < 4.78 is 31.4. The Bertz CT molecular complexity index is 515. The molecule has 0 atom stereocenters. The van der Waals surface area contributed by atoms with Gasteiger partial charge < -0.3 is 4.74 Å². The Morgan fingerprint density at radius 3 is 2.72 bits per heavy atom. The molecular formula is C11H15ClN2O3S. The van der Waals surface area contributed by atoms with Gasteiger partial charge in [0, 0.05) is 32.5 Å². The third kappa shape index (κ3) is 2.66. The molecule has 0 aromatic carbocycles. The fraction of sp³-hybridized carbons (Fsp3) is 0.545. The van der Waals surface area contributed by atoms with Gasteiger partial charge in [0.05, 0.1) is 0 Å². The summed E-state index contributed by atoms with van der Waals surface area (Å²) in [6, 6.07) is 3.00. The molecule has 7 heteroatoms. The Morgan fingerprint density at radius 1 is 1.44 bits per heavy atom. The number of rotatable bonds is 3. The van der Waals surface area contributed by atoms with Crippen LogP contribution in [-0.4, -0.2) is 44.0 Å². The van der Waals surface area contributed by atoms with Crippen molar-refractivity contribution < 1.29 is 13.2 Å². The number of pyridine rings is 1. The van der Waals surface area contributed by atoms with E-state index in [0.29, 0.717) is 26.1 Å². The summed E-state index contributed by atoms with van der Waals surface area (Å²) >= 11 is 5.85. The van der Waals surface area contributed by atoms with Gasteiger partial charge in [-0.25, -0.2) is 13.4 Å². The molecule has 1 aliphatic rings. The van der Waals surface area contributed by atoms with Gasteiger partial charge in [-0.05, 0) is 25.0 Å². The second-order valence-electron chi connectivity index (χ2n) is 4.16. The highest BCUT2D eigenvalue weighted by Gasteiger charge is 2.30. The number of nitrogens with zero attached hydrogens (tertiary/aromatic N) is 2. The predicted molar refractivity (Wildman–Crippen MR) is 68.0 cm³/mol. The molecule has 18 heavy (non-hydrogen) atoms. The number of sulfonamides is 1. The van der Waals surface area contributed by atoms with Gasteiger partial charge in [-0.2, -0.15) is 4.31 Å². The van der Waals surface area contributed by atoms with Gasteiger partial charge >= 0.3 is 0 Å². The van der Waals surface area contributed by atoms with E-state index in [1.807, 2.05) is 0 Å². The van der Waals surface area contributed by atoms with E-state index in [2.05, 4.69) is 4.98 Å². The Morgan fingerprint density at radius 2 is 2.11 bits per heavy atom. The predicted octanol–water partition coefficient (Wildman–Crippen LogP) is 1.53. The van der Waals surface area contributed by atoms with Crippen LogP contribution in [0.3, 0.4) is 0 Å². The third-order valence-electron chi connectivity index (χ3n) is 3.09. The molecule has 0 spiro atoms. The van der Waals surface area contributed by atoms with Crippen molar-refractivity contribution in [2.24, 2.45) is 0 Å². The lowest BCUT2D eigenvalue weighted by Gasteiger charge is -2.30. The lowest BCUT2D eigenvalue weighted by atomic mass is 10.1. The maximum atomic E-state index is 12.4. The molecule has 0 bridgehead atoms. The van der Waals surface area contributed by atoms with Crippen LogP contribution in [0, 0.1) is 0 Å². The molecule has 0 radical (unpaired) electrons. The summed E-state index contributed by atoms with van der Waals surface area (Å²) in [6.45, 7) is 1.18. The van der Waals surface area contributed by atoms with E-state index in [9.17, 15) is 8.42 Å². The average Bonchev–Trinajstić information content (AvgIpc) is 2.39. The SMILES string of the molecule is CN(C1CCOCC1)S(=O)(=O)c1cccnc1Cl. The molecule has 0 amide bonds. The number of hydrogen-bond acceptors (Lipinski definition) is 4. The van der Waals surface area contributed by atoms with E-state index >= 15 is 0 Å². The maximum Gasteiger partial charge on any atom is 0.246 e. The normalized spacial score (nSPS) is 18.2. The Hall–Kier alpha value is -0.690. The summed E-state index contributed by atoms with van der Waals surface area (Å²) in [5, 5.41) is 0.0106. The van der Waals surface area contributed by atoms with Crippen molar-refractivity contribution in [1.82, 2.24) is 9.29 Å². The minimum atomic E-state index is -3.59. The van der Waals surface area contributed by atoms with E-state index in [0.717, 1.165) is 0 Å². The van der Waals surface area contributed by atoms with Gasteiger partial charge in [0.25, 0.3) is 0 Å². The van der Waals surface area contributed by atoms with E-state index in [1.165, 1.54) is 16.6 Å². The number of aromatic nitrogens is 1. The van der Waals surface area contributed by atoms with E-state index in [-0.39, 0.29) is 16.1 Å². The molecule has 0 saturated carbocycles. The Balaban J connectivity index is 2.28. The number of ether oxygens (including phenoxy) is 1. The minimum absolute atomic E-state index is 0.0106. The van der Waals surface area contributed by atoms with Gasteiger partial charge in [-0.1, -0.05) is 11.6 Å². The first-order chi connectivity index (χ1) is 8.53. The number of halogens is 1. The van der Waals surface area contributed by atoms with Crippen LogP contribution in [0.15, 0.2) is 23.2 Å². The summed E-state index contributed by atoms with van der Waals surface area (Å²) in [4.78, 5) is 3.86. The van der Waals surface area contributed by atoms with Crippen LogP contribution in [0.25, 0.3) is 0 Å². The van der Waals surface area contributed by atoms with Crippen LogP contribution in [0.5, 0.6) is 0 Å². The summed E-state index contributed by atoms with van der Waals surface area (Å²) in [5.74, 6) is 0. The van der Waals surface area contributed by atoms with Gasteiger partial charge in [0.1, 0.15) is 10.0 Å². The first-order valence-corrected chi connectivity index (χ1v) is 7.51. The molecule has 0 unspecified atom stereocenters. The quantitative estimate of drug-likeness (QED) is 0.792. The van der Waals surface area contributed by atoms with Crippen molar-refractivity contribution in [2.45, 2.75) is 23.8 Å². The molecule has 5 nitrogen and oxygen atoms in total. The van der Waals surface area contributed by atoms with Gasteiger partial charge in [0.2, 0.25) is 10.0 Å². The largest absolute Gasteiger partial charge is 0.381 e. The average molecular weight is 291 g/mol. The van der Waals surface area contributed by atoms with Crippen molar-refractivity contribution in [1.29, 1.82) is 0 Å². The van der Waals surface area contributed by atoms with E-state index in [1.54, 1.807) is 13.1 Å². The fourth-order valence-electron chi connectivity index (χ4n) is 1.96. The number of hydrogen-bond donors (Lipinski definition) is 0. The first kappa shape index (κ1) is 13.7. The fourth-order valence-corrected chi connectivity index (χ4v) is 3.81. The lowest BCUT2D eigenvalue weighted by Crippen LogP contribution is -2.40. The zero-order chi connectivity index (χ0) is 13.2. The lowest BCUT2D eigenvalue weighted by molar-refractivity contribution is 0.0632. The second kappa shape index (κ2) is 5.52. The van der Waals surface area contributed by atoms with Gasteiger partial charge in [-0.15, -0.1) is 0 Å². The van der Waals surface area contributed by atoms with Crippen molar-refractivity contribution in [2.75, 3.05) is 20.3 Å². The molecule has 1 aromatic heterocycles. The minimum Gasteiger partial charge on any atom is -0.381 e. The van der Waals surface area contributed by atoms with Crippen molar-refractivity contribution in [3.63, 3.8) is 0 Å². The topological polar surface area (TPSA) is 59.5 Å². The molecule has 2 heterocycles. The molecule has 1 saturated heterocycles. The Kier molecular flexibility index (Phi) is 4.21. The van der Waals surface area contributed by atoms with Crippen molar-refractivity contribution >= 4 is 21.6 Å². The maximum absolute atomic E-state index is 12.4. The van der Waals surface area contributed by atoms with Crippen molar-refractivity contribution in [3.8, 4) is 0 Å². The second-order valence-corrected chi connectivity index (χ2v) is 6.48. The zero-order valence-electron chi connectivity index (χ0n) is 10.0. The van der Waals surface area contributed by atoms with Crippen LogP contribution in [0.2, 0.25) is 5.15 Å². The monoisotopic (exact) mass is 290 g/mol. The summed E-state index contributed by atoms with van der Waals surface area (Å²) in [5.41, 5.74) is 0. The molecule has 1 aromatic rings. The van der Waals surface area contributed by atoms with Gasteiger partial charge in [-0.3, -0.25) is 0 Å². The highest BCUT2D eigenvalue weighted by Crippen LogP contribution is 2.25. The third-order valence-corrected chi connectivity index (χ3v) is 5.44. The van der Waals surface area contributed by atoms with E-state index < -0.39 is 10.0 Å². The molecular weight excluding hydrogens is 276 g/mol. The first-order valence-electron chi connectivity index (χ1n) is 5.70. The molecule has 1 aliphatic heterocycles. The van der Waals surface area contributed by atoms with Crippen LogP contribution in [0.4, 0.5) is 0 Å². The molecule has 1 fully saturated rings. The molecule has 100 valence electrons. The molecule has 0 aliphatic carbocycles. The van der Waals surface area contributed by atoms with Crippen LogP contribution in [0.1, 0.15) is 12.8 Å². The highest BCUT2D eigenvalue weighted by atomic mass is 35.5. The van der Waals surface area contributed by atoms with E-state index in [4.69, 9.17) is 16.3 Å². The van der Waals surface area contributed by atoms with Gasteiger partial charge in [0.15, 0.2) is 0 Å². The summed E-state index contributed by atoms with van der Waals surface area (Å²) in [6.07, 6.45) is 2.87. The summed E-state index contributed by atoms with van der Waals surface area (Å²) in [7, 11) is -2.01. The molecule has 2 rings (SSSR count). The highest BCUT2D eigenvalue weighted by molar-refractivity contribution is 7.89. The smallest absolute Gasteiger partial charge is 0.246 e. The van der Waals surface area contributed by atoms with Crippen LogP contribution >= 0.6 is 11.6 Å².